The Labute approximate surface area is 225 Å². The lowest BCUT2D eigenvalue weighted by atomic mass is 9.99. The van der Waals surface area contributed by atoms with Crippen molar-refractivity contribution < 1.29 is 4.79 Å². The van der Waals surface area contributed by atoms with Crippen LogP contribution in [0.1, 0.15) is 94.6 Å². The van der Waals surface area contributed by atoms with Gasteiger partial charge in [0.15, 0.2) is 5.78 Å². The van der Waals surface area contributed by atoms with E-state index in [1.807, 2.05) is 42.5 Å². The fourth-order valence-electron chi connectivity index (χ4n) is 4.49. The van der Waals surface area contributed by atoms with E-state index in [9.17, 15) is 4.79 Å². The quantitative estimate of drug-likeness (QED) is 0.204. The number of rotatable bonds is 4. The number of ketones is 1. The largest absolute Gasteiger partial charge is 0.360 e. The Hall–Kier alpha value is -3.20. The maximum atomic E-state index is 11.1. The van der Waals surface area contributed by atoms with Gasteiger partial charge in [-0.2, -0.15) is 0 Å². The molecule has 0 spiro atoms. The number of allylic oxidation sites excluding steroid dienone is 2. The first-order valence-electron chi connectivity index (χ1n) is 13.8. The molecular weight excluding hydrogens is 452 g/mol. The number of amidine groups is 1. The summed E-state index contributed by atoms with van der Waals surface area (Å²) in [6.07, 6.45) is 7.16. The normalized spacial score (nSPS) is 14.0. The summed E-state index contributed by atoms with van der Waals surface area (Å²) in [6, 6.07) is 22.3. The fourth-order valence-corrected chi connectivity index (χ4v) is 4.49. The third-order valence-electron chi connectivity index (χ3n) is 6.78. The molecule has 198 valence electrons. The number of piperidine rings is 1. The zero-order valence-corrected chi connectivity index (χ0v) is 24.1. The number of aryl methyl sites for hydroxylation is 1. The van der Waals surface area contributed by atoms with Gasteiger partial charge in [-0.3, -0.25) is 4.79 Å². The predicted octanol–water partition coefficient (Wildman–Crippen LogP) is 9.37. The molecule has 1 heterocycles. The van der Waals surface area contributed by atoms with E-state index in [1.165, 1.54) is 60.4 Å². The summed E-state index contributed by atoms with van der Waals surface area (Å²) in [4.78, 5) is 18.1. The second-order valence-electron chi connectivity index (χ2n) is 9.97. The Kier molecular flexibility index (Phi) is 12.8. The Bertz CT molecular complexity index is 1180. The van der Waals surface area contributed by atoms with Crippen LogP contribution in [0.4, 0.5) is 0 Å². The van der Waals surface area contributed by atoms with E-state index < -0.39 is 0 Å². The van der Waals surface area contributed by atoms with Crippen LogP contribution in [0.2, 0.25) is 0 Å². The third-order valence-corrected chi connectivity index (χ3v) is 6.78. The maximum Gasteiger partial charge on any atom is 0.159 e. The molecule has 1 fully saturated rings. The van der Waals surface area contributed by atoms with Crippen molar-refractivity contribution in [2.24, 2.45) is 4.99 Å². The van der Waals surface area contributed by atoms with Crippen LogP contribution in [0, 0.1) is 6.92 Å². The second kappa shape index (κ2) is 15.8. The number of Topliss-reactive ketones (excluding diaryl/α,β-unsaturated/α-hetero) is 1. The average Bonchev–Trinajstić information content (AvgIpc) is 2.92. The first-order chi connectivity index (χ1) is 17.8. The number of carbonyl (C=O) groups excluding carboxylic acids is 1. The van der Waals surface area contributed by atoms with E-state index in [2.05, 4.69) is 81.8 Å². The van der Waals surface area contributed by atoms with Gasteiger partial charge in [-0.15, -0.1) is 0 Å². The van der Waals surface area contributed by atoms with E-state index >= 15 is 0 Å². The molecule has 0 radical (unpaired) electrons. The minimum Gasteiger partial charge on any atom is -0.360 e. The van der Waals surface area contributed by atoms with E-state index in [4.69, 9.17) is 0 Å². The Morgan fingerprint density at radius 3 is 2.08 bits per heavy atom. The highest BCUT2D eigenvalue weighted by atomic mass is 16.1. The lowest BCUT2D eigenvalue weighted by Crippen LogP contribution is -2.34. The summed E-state index contributed by atoms with van der Waals surface area (Å²) in [6.45, 7) is 16.9. The van der Waals surface area contributed by atoms with Gasteiger partial charge in [0, 0.05) is 24.4 Å². The van der Waals surface area contributed by atoms with Gasteiger partial charge in [0.25, 0.3) is 0 Å². The van der Waals surface area contributed by atoms with E-state index in [1.54, 1.807) is 6.92 Å². The predicted molar refractivity (Wildman–Crippen MR) is 162 cm³/mol. The molecule has 3 aromatic carbocycles. The zero-order valence-electron chi connectivity index (χ0n) is 24.1. The smallest absolute Gasteiger partial charge is 0.159 e. The third kappa shape index (κ3) is 9.99. The van der Waals surface area contributed by atoms with Gasteiger partial charge in [-0.1, -0.05) is 87.5 Å². The molecule has 3 nitrogen and oxygen atoms in total. The molecular formula is C34H46N2O. The van der Waals surface area contributed by atoms with Gasteiger partial charge in [0.2, 0.25) is 0 Å². The lowest BCUT2D eigenvalue weighted by Gasteiger charge is -2.28. The summed E-state index contributed by atoms with van der Waals surface area (Å²) in [5.74, 6) is 1.96. The highest BCUT2D eigenvalue weighted by molar-refractivity contribution is 5.98. The number of carbonyl (C=O) groups is 1. The number of benzene rings is 3. The molecule has 4 rings (SSSR count). The Balaban J connectivity index is 0.000000198. The number of likely N-dealkylation sites (tertiary alicyclic amines) is 1. The van der Waals surface area contributed by atoms with Crippen LogP contribution in [0.3, 0.4) is 0 Å². The number of nitrogens with zero attached hydrogens (tertiary/aromatic N) is 2. The van der Waals surface area contributed by atoms with Crippen molar-refractivity contribution in [3.05, 3.63) is 95.2 Å². The molecule has 3 aromatic rings. The van der Waals surface area contributed by atoms with Crippen LogP contribution in [0.25, 0.3) is 10.8 Å². The SMILES string of the molecule is C/C=C(/CC)N=C(C)N1CCCCC1.CC(=O)c1ccc2ccccc2c1.Cc1ccccc1C(C)C. The molecule has 0 saturated carbocycles. The monoisotopic (exact) mass is 498 g/mol. The van der Waals surface area contributed by atoms with Crippen LogP contribution in [0.5, 0.6) is 0 Å². The second-order valence-corrected chi connectivity index (χ2v) is 9.97. The molecule has 0 amide bonds. The summed E-state index contributed by atoms with van der Waals surface area (Å²) >= 11 is 0. The number of fused-ring (bicyclic) bond motifs is 1. The molecule has 3 heteroatoms. The van der Waals surface area contributed by atoms with Crippen molar-refractivity contribution in [2.45, 2.75) is 80.1 Å². The lowest BCUT2D eigenvalue weighted by molar-refractivity contribution is 0.101. The first-order valence-corrected chi connectivity index (χ1v) is 13.8. The minimum absolute atomic E-state index is 0.116. The molecule has 0 bridgehead atoms. The van der Waals surface area contributed by atoms with Gasteiger partial charge in [0.1, 0.15) is 5.84 Å². The van der Waals surface area contributed by atoms with E-state index in [0.717, 1.165) is 17.4 Å². The van der Waals surface area contributed by atoms with Crippen LogP contribution in [0.15, 0.2) is 83.5 Å². The van der Waals surface area contributed by atoms with Gasteiger partial charge in [-0.25, -0.2) is 4.99 Å². The van der Waals surface area contributed by atoms with E-state index in [0.29, 0.717) is 5.92 Å². The van der Waals surface area contributed by atoms with Crippen LogP contribution < -0.4 is 0 Å². The van der Waals surface area contributed by atoms with Gasteiger partial charge in [-0.05, 0) is 87.3 Å². The average molecular weight is 499 g/mol. The molecule has 0 unspecified atom stereocenters. The minimum atomic E-state index is 0.116. The Morgan fingerprint density at radius 2 is 1.54 bits per heavy atom. The molecule has 0 aliphatic carbocycles. The fraction of sp³-hybridized carbons (Fsp3) is 0.412. The highest BCUT2D eigenvalue weighted by Gasteiger charge is 2.11. The van der Waals surface area contributed by atoms with Gasteiger partial charge < -0.3 is 4.90 Å². The first kappa shape index (κ1) is 30.0. The van der Waals surface area contributed by atoms with Crippen molar-refractivity contribution in [3.63, 3.8) is 0 Å². The van der Waals surface area contributed by atoms with Crippen molar-refractivity contribution in [1.29, 1.82) is 0 Å². The topological polar surface area (TPSA) is 32.7 Å². The molecule has 1 aliphatic heterocycles. The number of aliphatic imine (C=N–C) groups is 1. The summed E-state index contributed by atoms with van der Waals surface area (Å²) in [5, 5.41) is 2.29. The summed E-state index contributed by atoms with van der Waals surface area (Å²) < 4.78 is 0. The molecule has 37 heavy (non-hydrogen) atoms. The molecule has 1 saturated heterocycles. The standard InChI is InChI=1S/C12H22N2.C12H10O.C10H14/c1-4-12(5-2)13-11(3)14-9-7-6-8-10-14;1-9(13)11-7-6-10-4-2-3-5-12(10)8-11;1-8(2)10-7-5-4-6-9(10)3/h4H,5-10H2,1-3H3;2-8H,1H3;4-8H,1-3H3/b12-4-,13-11?;;. The molecule has 0 aromatic heterocycles. The maximum absolute atomic E-state index is 11.1. The zero-order chi connectivity index (χ0) is 27.2. The van der Waals surface area contributed by atoms with Crippen molar-refractivity contribution >= 4 is 22.4 Å². The van der Waals surface area contributed by atoms with Crippen LogP contribution >= 0.6 is 0 Å². The summed E-state index contributed by atoms with van der Waals surface area (Å²) in [5.41, 5.74) is 4.84. The van der Waals surface area contributed by atoms with Crippen molar-refractivity contribution in [2.75, 3.05) is 13.1 Å². The molecule has 0 atom stereocenters. The van der Waals surface area contributed by atoms with Gasteiger partial charge >= 0.3 is 0 Å². The molecule has 1 aliphatic rings. The molecule has 0 N–H and O–H groups in total. The number of hydrogen-bond donors (Lipinski definition) is 0. The Morgan fingerprint density at radius 1 is 0.919 bits per heavy atom. The van der Waals surface area contributed by atoms with Crippen molar-refractivity contribution in [3.8, 4) is 0 Å². The summed E-state index contributed by atoms with van der Waals surface area (Å²) in [7, 11) is 0. The van der Waals surface area contributed by atoms with E-state index in [-0.39, 0.29) is 5.78 Å². The van der Waals surface area contributed by atoms with Crippen LogP contribution in [-0.2, 0) is 0 Å². The highest BCUT2D eigenvalue weighted by Crippen LogP contribution is 2.18. The number of hydrogen-bond acceptors (Lipinski definition) is 2. The van der Waals surface area contributed by atoms with Crippen LogP contribution in [-0.4, -0.2) is 29.6 Å². The van der Waals surface area contributed by atoms with Crippen molar-refractivity contribution in [1.82, 2.24) is 4.90 Å². The van der Waals surface area contributed by atoms with Gasteiger partial charge in [0.05, 0.1) is 0 Å².